The molecule has 3 nitrogen and oxygen atoms in total. The van der Waals surface area contributed by atoms with Crippen LogP contribution in [0, 0.1) is 6.92 Å². The van der Waals surface area contributed by atoms with Gasteiger partial charge in [0.05, 0.1) is 5.69 Å². The van der Waals surface area contributed by atoms with Gasteiger partial charge in [0.2, 0.25) is 0 Å². The lowest BCUT2D eigenvalue weighted by molar-refractivity contribution is 0.760. The maximum Gasteiger partial charge on any atom is 0.128 e. The molecule has 0 bridgehead atoms. The minimum atomic E-state index is 0.945. The molecular weight excluding hydrogens is 182 g/mol. The number of nitrogens with one attached hydrogen (secondary N) is 1. The normalized spacial score (nSPS) is 10.5. The first kappa shape index (κ1) is 10.4. The Morgan fingerprint density at radius 3 is 2.77 bits per heavy atom. The highest BCUT2D eigenvalue weighted by molar-refractivity contribution is 7.97. The molecule has 1 rings (SSSR count). The Morgan fingerprint density at radius 1 is 1.54 bits per heavy atom. The van der Waals surface area contributed by atoms with Crippen molar-refractivity contribution >= 4 is 17.6 Å². The molecule has 0 spiro atoms. The molecule has 1 N–H and O–H groups in total. The van der Waals surface area contributed by atoms with E-state index in [1.54, 1.807) is 0 Å². The van der Waals surface area contributed by atoms with Gasteiger partial charge in [-0.3, -0.25) is 4.68 Å². The van der Waals surface area contributed by atoms with E-state index in [0.29, 0.717) is 0 Å². The SMILES string of the molecule is CCNc1c(CSC)c(C)nn1C. The van der Waals surface area contributed by atoms with Crippen molar-refractivity contribution in [3.8, 4) is 0 Å². The van der Waals surface area contributed by atoms with Gasteiger partial charge in [-0.05, 0) is 20.1 Å². The van der Waals surface area contributed by atoms with E-state index in [1.807, 2.05) is 23.5 Å². The van der Waals surface area contributed by atoms with Gasteiger partial charge in [-0.25, -0.2) is 0 Å². The summed E-state index contributed by atoms with van der Waals surface area (Å²) in [5.41, 5.74) is 2.46. The highest BCUT2D eigenvalue weighted by Crippen LogP contribution is 2.22. The van der Waals surface area contributed by atoms with E-state index >= 15 is 0 Å². The first-order valence-electron chi connectivity index (χ1n) is 4.46. The predicted molar refractivity (Wildman–Crippen MR) is 59.3 cm³/mol. The van der Waals surface area contributed by atoms with Crippen LogP contribution in [0.25, 0.3) is 0 Å². The number of anilines is 1. The predicted octanol–water partition coefficient (Wildman–Crippen LogP) is 2.02. The lowest BCUT2D eigenvalue weighted by Crippen LogP contribution is -2.04. The molecular formula is C9H17N3S. The van der Waals surface area contributed by atoms with E-state index in [4.69, 9.17) is 0 Å². The smallest absolute Gasteiger partial charge is 0.128 e. The van der Waals surface area contributed by atoms with Crippen molar-refractivity contribution in [3.05, 3.63) is 11.3 Å². The molecule has 0 saturated heterocycles. The fraction of sp³-hybridized carbons (Fsp3) is 0.667. The molecule has 0 aliphatic heterocycles. The topological polar surface area (TPSA) is 29.9 Å². The van der Waals surface area contributed by atoms with E-state index in [0.717, 1.165) is 23.8 Å². The van der Waals surface area contributed by atoms with Crippen molar-refractivity contribution in [2.75, 3.05) is 18.1 Å². The van der Waals surface area contributed by atoms with Crippen molar-refractivity contribution < 1.29 is 0 Å². The number of aromatic nitrogens is 2. The second-order valence-corrected chi connectivity index (χ2v) is 3.87. The van der Waals surface area contributed by atoms with Gasteiger partial charge < -0.3 is 5.32 Å². The number of aryl methyl sites for hydroxylation is 2. The molecule has 0 aliphatic rings. The maximum atomic E-state index is 4.39. The largest absolute Gasteiger partial charge is 0.370 e. The average Bonchev–Trinajstić information content (AvgIpc) is 2.33. The summed E-state index contributed by atoms with van der Waals surface area (Å²) in [4.78, 5) is 0. The van der Waals surface area contributed by atoms with Crippen molar-refractivity contribution in [1.82, 2.24) is 9.78 Å². The molecule has 13 heavy (non-hydrogen) atoms. The van der Waals surface area contributed by atoms with Crippen LogP contribution in [0.5, 0.6) is 0 Å². The van der Waals surface area contributed by atoms with Crippen LogP contribution in [-0.2, 0) is 12.8 Å². The van der Waals surface area contributed by atoms with Crippen LogP contribution < -0.4 is 5.32 Å². The lowest BCUT2D eigenvalue weighted by Gasteiger charge is -2.06. The molecule has 0 unspecified atom stereocenters. The summed E-state index contributed by atoms with van der Waals surface area (Å²) in [5.74, 6) is 2.19. The molecule has 0 amide bonds. The van der Waals surface area contributed by atoms with Crippen LogP contribution in [0.1, 0.15) is 18.2 Å². The molecule has 74 valence electrons. The molecule has 0 radical (unpaired) electrons. The zero-order valence-electron chi connectivity index (χ0n) is 8.72. The zero-order valence-corrected chi connectivity index (χ0v) is 9.53. The van der Waals surface area contributed by atoms with E-state index < -0.39 is 0 Å². The van der Waals surface area contributed by atoms with Gasteiger partial charge in [0.25, 0.3) is 0 Å². The second-order valence-electron chi connectivity index (χ2n) is 3.00. The fourth-order valence-corrected chi connectivity index (χ4v) is 2.04. The van der Waals surface area contributed by atoms with Crippen LogP contribution in [0.15, 0.2) is 0 Å². The Hall–Kier alpha value is -0.640. The van der Waals surface area contributed by atoms with Crippen LogP contribution in [0.4, 0.5) is 5.82 Å². The third-order valence-electron chi connectivity index (χ3n) is 1.98. The molecule has 1 heterocycles. The summed E-state index contributed by atoms with van der Waals surface area (Å²) in [6, 6.07) is 0. The van der Waals surface area contributed by atoms with Gasteiger partial charge in [-0.2, -0.15) is 16.9 Å². The van der Waals surface area contributed by atoms with E-state index in [9.17, 15) is 0 Å². The summed E-state index contributed by atoms with van der Waals surface area (Å²) in [5, 5.41) is 7.73. The van der Waals surface area contributed by atoms with E-state index in [1.165, 1.54) is 5.56 Å². The van der Waals surface area contributed by atoms with Crippen molar-refractivity contribution in [1.29, 1.82) is 0 Å². The minimum Gasteiger partial charge on any atom is -0.370 e. The van der Waals surface area contributed by atoms with Crippen molar-refractivity contribution in [2.45, 2.75) is 19.6 Å². The van der Waals surface area contributed by atoms with Crippen molar-refractivity contribution in [2.24, 2.45) is 7.05 Å². The van der Waals surface area contributed by atoms with Gasteiger partial charge >= 0.3 is 0 Å². The number of nitrogens with zero attached hydrogens (tertiary/aromatic N) is 2. The molecule has 0 saturated carbocycles. The van der Waals surface area contributed by atoms with Gasteiger partial charge in [-0.15, -0.1) is 0 Å². The summed E-state index contributed by atoms with van der Waals surface area (Å²) < 4.78 is 1.92. The number of thioether (sulfide) groups is 1. The Labute approximate surface area is 83.9 Å². The van der Waals surface area contributed by atoms with Crippen molar-refractivity contribution in [3.63, 3.8) is 0 Å². The fourth-order valence-electron chi connectivity index (χ4n) is 1.41. The van der Waals surface area contributed by atoms with Gasteiger partial charge in [0.15, 0.2) is 0 Å². The zero-order chi connectivity index (χ0) is 9.84. The van der Waals surface area contributed by atoms with Gasteiger partial charge in [-0.1, -0.05) is 0 Å². The molecule has 4 heteroatoms. The highest BCUT2D eigenvalue weighted by atomic mass is 32.2. The summed E-state index contributed by atoms with van der Waals surface area (Å²) in [6.45, 7) is 5.11. The monoisotopic (exact) mass is 199 g/mol. The number of rotatable bonds is 4. The highest BCUT2D eigenvalue weighted by Gasteiger charge is 2.10. The molecule has 0 aliphatic carbocycles. The molecule has 0 atom stereocenters. The van der Waals surface area contributed by atoms with Crippen LogP contribution in [-0.4, -0.2) is 22.6 Å². The Bertz CT molecular complexity index is 254. The Balaban J connectivity index is 2.98. The minimum absolute atomic E-state index is 0.945. The third-order valence-corrected chi connectivity index (χ3v) is 2.56. The lowest BCUT2D eigenvalue weighted by atomic mass is 10.3. The average molecular weight is 199 g/mol. The van der Waals surface area contributed by atoms with Crippen LogP contribution in [0.3, 0.4) is 0 Å². The standard InChI is InChI=1S/C9H17N3S/c1-5-10-9-8(6-13-4)7(2)11-12(9)3/h10H,5-6H2,1-4H3. The third kappa shape index (κ3) is 2.18. The number of hydrogen-bond acceptors (Lipinski definition) is 3. The molecule has 1 aromatic heterocycles. The summed E-state index contributed by atoms with van der Waals surface area (Å²) in [6.07, 6.45) is 2.11. The van der Waals surface area contributed by atoms with E-state index in [2.05, 4.69) is 30.5 Å². The first-order chi connectivity index (χ1) is 6.20. The van der Waals surface area contributed by atoms with Crippen LogP contribution in [0.2, 0.25) is 0 Å². The first-order valence-corrected chi connectivity index (χ1v) is 5.85. The van der Waals surface area contributed by atoms with Gasteiger partial charge in [0, 0.05) is 24.9 Å². The van der Waals surface area contributed by atoms with E-state index in [-0.39, 0.29) is 0 Å². The summed E-state index contributed by atoms with van der Waals surface area (Å²) in [7, 11) is 1.98. The van der Waals surface area contributed by atoms with Crippen LogP contribution >= 0.6 is 11.8 Å². The van der Waals surface area contributed by atoms with Gasteiger partial charge in [0.1, 0.15) is 5.82 Å². The Morgan fingerprint density at radius 2 is 2.23 bits per heavy atom. The number of hydrogen-bond donors (Lipinski definition) is 1. The maximum absolute atomic E-state index is 4.39. The molecule has 0 fully saturated rings. The molecule has 1 aromatic rings. The summed E-state index contributed by atoms with van der Waals surface area (Å²) >= 11 is 1.83. The Kier molecular flexibility index (Phi) is 3.66. The quantitative estimate of drug-likeness (QED) is 0.804. The molecule has 0 aromatic carbocycles. The second kappa shape index (κ2) is 4.56.